The van der Waals surface area contributed by atoms with Crippen LogP contribution in [0, 0.1) is 0 Å². The molecule has 240 valence electrons. The first-order chi connectivity index (χ1) is 22.1. The van der Waals surface area contributed by atoms with Crippen molar-refractivity contribution in [2.24, 2.45) is 0 Å². The summed E-state index contributed by atoms with van der Waals surface area (Å²) in [6, 6.07) is 22.9. The molecule has 0 saturated heterocycles. The highest BCUT2D eigenvalue weighted by Gasteiger charge is 2.19. The van der Waals surface area contributed by atoms with Crippen molar-refractivity contribution < 1.29 is 19.1 Å². The van der Waals surface area contributed by atoms with Crippen molar-refractivity contribution in [3.8, 4) is 34.0 Å². The van der Waals surface area contributed by atoms with Gasteiger partial charge in [0, 0.05) is 22.5 Å². The quantitative estimate of drug-likeness (QED) is 0.0527. The Balaban J connectivity index is 1.31. The monoisotopic (exact) mass is 610 g/mol. The normalized spacial score (nSPS) is 11.1. The summed E-state index contributed by atoms with van der Waals surface area (Å²) in [7, 11) is 0. The lowest BCUT2D eigenvalue weighted by molar-refractivity contribution is 0.0889. The molecule has 0 fully saturated rings. The lowest BCUT2D eigenvalue weighted by atomic mass is 10.1. The molecule has 0 radical (unpaired) electrons. The third kappa shape index (κ3) is 10.5. The van der Waals surface area contributed by atoms with Gasteiger partial charge in [0.15, 0.2) is 11.6 Å². The molecule has 0 aliphatic heterocycles. The molecule has 0 aliphatic rings. The Morgan fingerprint density at radius 1 is 0.511 bits per heavy atom. The van der Waals surface area contributed by atoms with Crippen LogP contribution >= 0.6 is 0 Å². The molecule has 0 atom stereocenters. The maximum absolute atomic E-state index is 13.1. The van der Waals surface area contributed by atoms with E-state index in [9.17, 15) is 9.59 Å². The van der Waals surface area contributed by atoms with Gasteiger partial charge in [-0.05, 0) is 61.4 Å². The smallest absolute Gasteiger partial charge is 0.186 e. The number of hydrogen-bond donors (Lipinski definition) is 2. The van der Waals surface area contributed by atoms with E-state index in [1.807, 2.05) is 60.7 Å². The lowest BCUT2D eigenvalue weighted by Crippen LogP contribution is -2.09. The number of aromatic amines is 2. The Bertz CT molecular complexity index is 1360. The summed E-state index contributed by atoms with van der Waals surface area (Å²) in [5, 5.41) is 0. The van der Waals surface area contributed by atoms with Crippen LogP contribution in [0.3, 0.4) is 0 Å². The Morgan fingerprint density at radius 2 is 0.911 bits per heavy atom. The Labute approximate surface area is 269 Å². The Hall–Kier alpha value is -4.06. The second-order valence-corrected chi connectivity index (χ2v) is 11.8. The molecule has 6 nitrogen and oxygen atoms in total. The topological polar surface area (TPSA) is 84.2 Å². The fourth-order valence-corrected chi connectivity index (χ4v) is 5.53. The number of ketones is 2. The van der Waals surface area contributed by atoms with Crippen molar-refractivity contribution in [2.75, 3.05) is 13.2 Å². The standard InChI is InChI=1S/C39H50N2O4/c1-3-5-7-9-11-17-27-44-38-21-15-13-19-30(38)32-23-25-34(40-32)36(42)29-37(43)35-26-24-33(41-35)31-20-14-16-22-39(31)45-28-18-12-10-8-6-4-2/h13-16,19-26,40-41H,3-12,17-18,27-29H2,1-2H3. The maximum Gasteiger partial charge on any atom is 0.186 e. The van der Waals surface area contributed by atoms with Gasteiger partial charge >= 0.3 is 0 Å². The third-order valence-corrected chi connectivity index (χ3v) is 8.16. The molecule has 2 aromatic carbocycles. The van der Waals surface area contributed by atoms with Crippen LogP contribution in [0.4, 0.5) is 0 Å². The van der Waals surface area contributed by atoms with E-state index in [2.05, 4.69) is 23.8 Å². The summed E-state index contributed by atoms with van der Waals surface area (Å²) in [5.41, 5.74) is 4.21. The van der Waals surface area contributed by atoms with Crippen LogP contribution in [-0.2, 0) is 0 Å². The number of carbonyl (C=O) groups excluding carboxylic acids is 2. The van der Waals surface area contributed by atoms with Crippen LogP contribution < -0.4 is 9.47 Å². The number of unbranched alkanes of at least 4 members (excludes halogenated alkanes) is 10. The number of aromatic nitrogens is 2. The summed E-state index contributed by atoms with van der Waals surface area (Å²) in [5.74, 6) is 1.07. The number of carbonyl (C=O) groups is 2. The van der Waals surface area contributed by atoms with E-state index in [0.29, 0.717) is 24.6 Å². The first-order valence-electron chi connectivity index (χ1n) is 17.0. The van der Waals surface area contributed by atoms with E-state index in [-0.39, 0.29) is 18.0 Å². The summed E-state index contributed by atoms with van der Waals surface area (Å²) < 4.78 is 12.2. The molecule has 2 heterocycles. The van der Waals surface area contributed by atoms with Gasteiger partial charge in [-0.2, -0.15) is 0 Å². The van der Waals surface area contributed by atoms with Crippen molar-refractivity contribution in [1.82, 2.24) is 9.97 Å². The average molecular weight is 611 g/mol. The average Bonchev–Trinajstić information content (AvgIpc) is 3.76. The van der Waals surface area contributed by atoms with E-state index in [0.717, 1.165) is 46.9 Å². The molecule has 0 spiro atoms. The molecule has 2 aromatic heterocycles. The largest absolute Gasteiger partial charge is 0.493 e. The number of para-hydroxylation sites is 2. The SMILES string of the molecule is CCCCCCCCOc1ccccc1-c1ccc(C(=O)CC(=O)c2ccc(-c3ccccc3OCCCCCCCC)[nH]2)[nH]1. The fraction of sp³-hybridized carbons (Fsp3) is 0.436. The predicted molar refractivity (Wildman–Crippen MR) is 183 cm³/mol. The van der Waals surface area contributed by atoms with Crippen molar-refractivity contribution in [3.05, 3.63) is 84.2 Å². The molecule has 6 heteroatoms. The molecule has 45 heavy (non-hydrogen) atoms. The number of ether oxygens (including phenoxy) is 2. The molecule has 0 bridgehead atoms. The van der Waals surface area contributed by atoms with Gasteiger partial charge in [-0.15, -0.1) is 0 Å². The molecular formula is C39H50N2O4. The summed E-state index contributed by atoms with van der Waals surface area (Å²) in [4.78, 5) is 32.7. The van der Waals surface area contributed by atoms with Gasteiger partial charge in [-0.3, -0.25) is 9.59 Å². The van der Waals surface area contributed by atoms with Crippen molar-refractivity contribution in [3.63, 3.8) is 0 Å². The Kier molecular flexibility index (Phi) is 14.0. The van der Waals surface area contributed by atoms with Gasteiger partial charge < -0.3 is 19.4 Å². The van der Waals surface area contributed by atoms with E-state index >= 15 is 0 Å². The first-order valence-corrected chi connectivity index (χ1v) is 17.0. The molecule has 4 aromatic rings. The maximum atomic E-state index is 13.1. The minimum Gasteiger partial charge on any atom is -0.493 e. The second-order valence-electron chi connectivity index (χ2n) is 11.8. The highest BCUT2D eigenvalue weighted by Crippen LogP contribution is 2.31. The van der Waals surface area contributed by atoms with Gasteiger partial charge in [-0.25, -0.2) is 0 Å². The zero-order valence-electron chi connectivity index (χ0n) is 27.2. The highest BCUT2D eigenvalue weighted by atomic mass is 16.5. The lowest BCUT2D eigenvalue weighted by Gasteiger charge is -2.11. The zero-order valence-corrected chi connectivity index (χ0v) is 27.2. The van der Waals surface area contributed by atoms with E-state index in [4.69, 9.17) is 9.47 Å². The van der Waals surface area contributed by atoms with Crippen molar-refractivity contribution >= 4 is 11.6 Å². The fourth-order valence-electron chi connectivity index (χ4n) is 5.53. The van der Waals surface area contributed by atoms with Crippen LogP contribution in [0.5, 0.6) is 11.5 Å². The first kappa shape index (κ1) is 33.8. The van der Waals surface area contributed by atoms with Crippen LogP contribution in [-0.4, -0.2) is 34.7 Å². The third-order valence-electron chi connectivity index (χ3n) is 8.16. The van der Waals surface area contributed by atoms with Crippen molar-refractivity contribution in [2.45, 2.75) is 97.3 Å². The second kappa shape index (κ2) is 18.7. The summed E-state index contributed by atoms with van der Waals surface area (Å²) in [6.45, 7) is 5.78. The molecule has 0 amide bonds. The molecule has 0 saturated carbocycles. The number of benzene rings is 2. The minimum absolute atomic E-state index is 0.230. The minimum atomic E-state index is -0.254. The highest BCUT2D eigenvalue weighted by molar-refractivity contribution is 6.12. The number of Topliss-reactive ketones (excluding diaryl/α,β-unsaturated/α-hetero) is 2. The van der Waals surface area contributed by atoms with E-state index in [1.54, 1.807) is 12.1 Å². The number of H-pyrrole nitrogens is 2. The summed E-state index contributed by atoms with van der Waals surface area (Å²) in [6.07, 6.45) is 14.3. The van der Waals surface area contributed by atoms with Gasteiger partial charge in [0.1, 0.15) is 11.5 Å². The summed E-state index contributed by atoms with van der Waals surface area (Å²) >= 11 is 0. The van der Waals surface area contributed by atoms with Crippen LogP contribution in [0.2, 0.25) is 0 Å². The number of hydrogen-bond acceptors (Lipinski definition) is 4. The number of rotatable bonds is 22. The van der Waals surface area contributed by atoms with Crippen LogP contribution in [0.15, 0.2) is 72.8 Å². The number of nitrogens with one attached hydrogen (secondary N) is 2. The zero-order chi connectivity index (χ0) is 31.7. The molecule has 4 rings (SSSR count). The Morgan fingerprint density at radius 3 is 1.36 bits per heavy atom. The van der Waals surface area contributed by atoms with E-state index < -0.39 is 0 Å². The molecule has 2 N–H and O–H groups in total. The van der Waals surface area contributed by atoms with Gasteiger partial charge in [0.05, 0.1) is 31.0 Å². The van der Waals surface area contributed by atoms with Gasteiger partial charge in [0.2, 0.25) is 0 Å². The van der Waals surface area contributed by atoms with Crippen molar-refractivity contribution in [1.29, 1.82) is 0 Å². The van der Waals surface area contributed by atoms with E-state index in [1.165, 1.54) is 64.2 Å². The molecule has 0 aliphatic carbocycles. The predicted octanol–water partition coefficient (Wildman–Crippen LogP) is 10.6. The van der Waals surface area contributed by atoms with Crippen LogP contribution in [0.1, 0.15) is 118 Å². The molecular weight excluding hydrogens is 560 g/mol. The van der Waals surface area contributed by atoms with Crippen LogP contribution in [0.25, 0.3) is 22.5 Å². The molecule has 0 unspecified atom stereocenters. The van der Waals surface area contributed by atoms with Gasteiger partial charge in [0.25, 0.3) is 0 Å². The van der Waals surface area contributed by atoms with Gasteiger partial charge in [-0.1, -0.05) is 102 Å².